The van der Waals surface area contributed by atoms with Crippen LogP contribution in [0.1, 0.15) is 0 Å². The van der Waals surface area contributed by atoms with Crippen molar-refractivity contribution in [3.63, 3.8) is 0 Å². The van der Waals surface area contributed by atoms with E-state index in [1.165, 1.54) is 0 Å². The molecule has 0 radical (unpaired) electrons. The lowest BCUT2D eigenvalue weighted by molar-refractivity contribution is 0.0568. The zero-order valence-electron chi connectivity index (χ0n) is 8.22. The number of hydrogen-bond acceptors (Lipinski definition) is 4. The minimum Gasteiger partial charge on any atom is -0.616 e. The summed E-state index contributed by atoms with van der Waals surface area (Å²) < 4.78 is 20.8. The van der Waals surface area contributed by atoms with Gasteiger partial charge in [0, 0.05) is 11.5 Å². The smallest absolute Gasteiger partial charge is 0.128 e. The summed E-state index contributed by atoms with van der Waals surface area (Å²) in [5.74, 6) is 0.554. The summed E-state index contributed by atoms with van der Waals surface area (Å²) in [4.78, 5) is 2.58. The molecule has 0 aromatic heterocycles. The zero-order valence-corrected chi connectivity index (χ0v) is 9.03. The fourth-order valence-electron chi connectivity index (χ4n) is 0.648. The first kappa shape index (κ1) is 13.5. The van der Waals surface area contributed by atoms with Crippen molar-refractivity contribution in [2.24, 2.45) is 5.11 Å². The first-order chi connectivity index (χ1) is 6.77. The molecule has 6 nitrogen and oxygen atoms in total. The van der Waals surface area contributed by atoms with E-state index in [4.69, 9.17) is 15.0 Å². The number of hydrogen-bond donors (Lipinski definition) is 0. The number of azide groups is 1. The van der Waals surface area contributed by atoms with Gasteiger partial charge < -0.3 is 14.0 Å². The maximum Gasteiger partial charge on any atom is 0.128 e. The van der Waals surface area contributed by atoms with Crippen molar-refractivity contribution in [1.29, 1.82) is 0 Å². The van der Waals surface area contributed by atoms with Crippen molar-refractivity contribution < 1.29 is 14.0 Å². The lowest BCUT2D eigenvalue weighted by Crippen LogP contribution is -2.13. The van der Waals surface area contributed by atoms with E-state index in [0.29, 0.717) is 38.7 Å². The minimum atomic E-state index is -0.798. The largest absolute Gasteiger partial charge is 0.616 e. The Bertz CT molecular complexity index is 174. The van der Waals surface area contributed by atoms with Gasteiger partial charge in [-0.3, -0.25) is 0 Å². The average Bonchev–Trinajstić information content (AvgIpc) is 2.15. The van der Waals surface area contributed by atoms with Gasteiger partial charge >= 0.3 is 0 Å². The highest BCUT2D eigenvalue weighted by atomic mass is 32.2. The predicted octanol–water partition coefficient (Wildman–Crippen LogP) is 0.708. The Labute approximate surface area is 86.4 Å². The number of ether oxygens (including phenoxy) is 2. The van der Waals surface area contributed by atoms with E-state index in [2.05, 4.69) is 10.0 Å². The predicted molar refractivity (Wildman–Crippen MR) is 54.6 cm³/mol. The van der Waals surface area contributed by atoms with Crippen molar-refractivity contribution in [2.45, 2.75) is 0 Å². The Balaban J connectivity index is 2.95. The minimum absolute atomic E-state index is 0.343. The molecule has 0 rings (SSSR count). The summed E-state index contributed by atoms with van der Waals surface area (Å²) in [6.45, 7) is 2.19. The quantitative estimate of drug-likeness (QED) is 0.189. The molecule has 0 saturated carbocycles. The summed E-state index contributed by atoms with van der Waals surface area (Å²) in [6.07, 6.45) is 1.64. The van der Waals surface area contributed by atoms with Crippen LogP contribution in [0.3, 0.4) is 0 Å². The number of nitrogens with zero attached hydrogens (tertiary/aromatic N) is 3. The summed E-state index contributed by atoms with van der Waals surface area (Å²) in [5.41, 5.74) is 7.94. The molecule has 0 aromatic rings. The maximum atomic E-state index is 10.6. The van der Waals surface area contributed by atoms with E-state index in [-0.39, 0.29) is 0 Å². The van der Waals surface area contributed by atoms with Crippen LogP contribution in [-0.4, -0.2) is 49.5 Å². The third kappa shape index (κ3) is 11.5. The van der Waals surface area contributed by atoms with Crippen LogP contribution in [0.25, 0.3) is 10.4 Å². The van der Waals surface area contributed by atoms with Crippen LogP contribution in [0.2, 0.25) is 0 Å². The van der Waals surface area contributed by atoms with Crippen LogP contribution >= 0.6 is 0 Å². The van der Waals surface area contributed by atoms with Gasteiger partial charge in [-0.1, -0.05) is 16.3 Å². The third-order valence-corrected chi connectivity index (χ3v) is 2.03. The van der Waals surface area contributed by atoms with Crippen LogP contribution in [0.4, 0.5) is 0 Å². The Morgan fingerprint density at radius 3 is 2.50 bits per heavy atom. The SMILES string of the molecule is C[S@@+]([O-])CCOCCOCCN=[N+]=[N-]. The Hall–Kier alpha value is -0.460. The van der Waals surface area contributed by atoms with Crippen molar-refractivity contribution in [2.75, 3.05) is 45.0 Å². The van der Waals surface area contributed by atoms with Gasteiger partial charge in [0.05, 0.1) is 32.7 Å². The van der Waals surface area contributed by atoms with Gasteiger partial charge in [-0.25, -0.2) is 0 Å². The fraction of sp³-hybridized carbons (Fsp3) is 1.00. The van der Waals surface area contributed by atoms with E-state index in [0.717, 1.165) is 0 Å². The molecule has 0 N–H and O–H groups in total. The van der Waals surface area contributed by atoms with Gasteiger partial charge in [0.1, 0.15) is 5.75 Å². The van der Waals surface area contributed by atoms with E-state index in [9.17, 15) is 4.55 Å². The maximum absolute atomic E-state index is 10.6. The molecule has 0 unspecified atom stereocenters. The first-order valence-electron chi connectivity index (χ1n) is 4.23. The second-order valence-corrected chi connectivity index (χ2v) is 4.01. The van der Waals surface area contributed by atoms with Crippen molar-refractivity contribution in [3.05, 3.63) is 10.4 Å². The molecule has 0 heterocycles. The van der Waals surface area contributed by atoms with E-state index in [1.807, 2.05) is 0 Å². The van der Waals surface area contributed by atoms with E-state index in [1.54, 1.807) is 6.26 Å². The zero-order chi connectivity index (χ0) is 10.6. The molecule has 82 valence electrons. The van der Waals surface area contributed by atoms with Gasteiger partial charge in [-0.2, -0.15) is 0 Å². The normalized spacial score (nSPS) is 12.1. The molecule has 0 amide bonds. The summed E-state index contributed by atoms with van der Waals surface area (Å²) in [5, 5.41) is 3.30. The molecule has 0 saturated heterocycles. The van der Waals surface area contributed by atoms with Crippen LogP contribution in [-0.2, 0) is 20.6 Å². The van der Waals surface area contributed by atoms with Crippen LogP contribution < -0.4 is 0 Å². The molecule has 0 fully saturated rings. The molecule has 1 atom stereocenters. The monoisotopic (exact) mass is 221 g/mol. The van der Waals surface area contributed by atoms with Crippen molar-refractivity contribution in [1.82, 2.24) is 0 Å². The number of rotatable bonds is 9. The second-order valence-electron chi connectivity index (χ2n) is 2.46. The van der Waals surface area contributed by atoms with Gasteiger partial charge in [-0.05, 0) is 5.53 Å². The summed E-state index contributed by atoms with van der Waals surface area (Å²) in [6, 6.07) is 0. The van der Waals surface area contributed by atoms with Crippen molar-refractivity contribution >= 4 is 11.2 Å². The fourth-order valence-corrected chi connectivity index (χ4v) is 1.00. The molecule has 0 bridgehead atoms. The lowest BCUT2D eigenvalue weighted by atomic mass is 10.7. The lowest BCUT2D eigenvalue weighted by Gasteiger charge is -2.06. The molecular weight excluding hydrogens is 206 g/mol. The molecular formula is C7H15N3O3S. The molecule has 14 heavy (non-hydrogen) atoms. The van der Waals surface area contributed by atoms with E-state index >= 15 is 0 Å². The van der Waals surface area contributed by atoms with Gasteiger partial charge in [0.15, 0.2) is 0 Å². The molecule has 0 aromatic carbocycles. The van der Waals surface area contributed by atoms with Crippen LogP contribution in [0.15, 0.2) is 5.11 Å². The van der Waals surface area contributed by atoms with E-state index < -0.39 is 11.2 Å². The summed E-state index contributed by atoms with van der Waals surface area (Å²) >= 11 is -0.798. The summed E-state index contributed by atoms with van der Waals surface area (Å²) in [7, 11) is 0. The van der Waals surface area contributed by atoms with Crippen LogP contribution in [0, 0.1) is 0 Å². The topological polar surface area (TPSA) is 90.3 Å². The highest BCUT2D eigenvalue weighted by molar-refractivity contribution is 7.90. The highest BCUT2D eigenvalue weighted by Gasteiger charge is 1.96. The average molecular weight is 221 g/mol. The Morgan fingerprint density at radius 1 is 1.29 bits per heavy atom. The standard InChI is InChI=1S/C7H15N3O3S/c1-14(11)7-6-13-5-4-12-3-2-9-10-8/h2-7H2,1H3/t14-/m1/s1. The molecule has 0 aliphatic carbocycles. The first-order valence-corrected chi connectivity index (χ1v) is 5.96. The Kier molecular flexibility index (Phi) is 10.3. The molecule has 0 aliphatic heterocycles. The second kappa shape index (κ2) is 10.6. The van der Waals surface area contributed by atoms with Crippen LogP contribution in [0.5, 0.6) is 0 Å². The third-order valence-electron chi connectivity index (χ3n) is 1.29. The molecule has 0 spiro atoms. The Morgan fingerprint density at radius 2 is 1.93 bits per heavy atom. The van der Waals surface area contributed by atoms with Gasteiger partial charge in [0.25, 0.3) is 0 Å². The highest BCUT2D eigenvalue weighted by Crippen LogP contribution is 1.85. The van der Waals surface area contributed by atoms with Gasteiger partial charge in [0.2, 0.25) is 0 Å². The molecule has 0 aliphatic rings. The molecule has 7 heteroatoms. The van der Waals surface area contributed by atoms with Gasteiger partial charge in [-0.15, -0.1) is 0 Å². The van der Waals surface area contributed by atoms with Crippen molar-refractivity contribution in [3.8, 4) is 0 Å².